The van der Waals surface area contributed by atoms with Crippen molar-refractivity contribution < 1.29 is 9.47 Å². The van der Waals surface area contributed by atoms with Crippen LogP contribution >= 0.6 is 0 Å². The largest absolute Gasteiger partial charge is 0.352 e. The first-order chi connectivity index (χ1) is 13.2. The molecule has 0 radical (unpaired) electrons. The van der Waals surface area contributed by atoms with Gasteiger partial charge in [0.2, 0.25) is 0 Å². The Bertz CT molecular complexity index is 415. The molecule has 1 aliphatic carbocycles. The van der Waals surface area contributed by atoms with E-state index in [9.17, 15) is 5.26 Å². The third-order valence-corrected chi connectivity index (χ3v) is 6.83. The van der Waals surface area contributed by atoms with E-state index in [4.69, 9.17) is 9.47 Å². The molecular formula is C24H43NO2. The minimum Gasteiger partial charge on any atom is -0.352 e. The monoisotopic (exact) mass is 377 g/mol. The van der Waals surface area contributed by atoms with Crippen LogP contribution in [0.4, 0.5) is 0 Å². The normalized spacial score (nSPS) is 31.5. The van der Waals surface area contributed by atoms with E-state index in [1.807, 2.05) is 0 Å². The van der Waals surface area contributed by atoms with E-state index >= 15 is 0 Å². The van der Waals surface area contributed by atoms with Gasteiger partial charge in [-0.15, -0.1) is 0 Å². The maximum Gasteiger partial charge on any atom is 0.160 e. The summed E-state index contributed by atoms with van der Waals surface area (Å²) in [7, 11) is 0. The third-order valence-electron chi connectivity index (χ3n) is 6.83. The van der Waals surface area contributed by atoms with Crippen LogP contribution in [0.15, 0.2) is 0 Å². The summed E-state index contributed by atoms with van der Waals surface area (Å²) in [5, 5.41) is 9.78. The van der Waals surface area contributed by atoms with Gasteiger partial charge in [-0.1, -0.05) is 71.6 Å². The molecule has 0 aromatic rings. The van der Waals surface area contributed by atoms with Crippen LogP contribution in [0.2, 0.25) is 0 Å². The lowest BCUT2D eigenvalue weighted by molar-refractivity contribution is -0.231. The predicted molar refractivity (Wildman–Crippen MR) is 111 cm³/mol. The van der Waals surface area contributed by atoms with Gasteiger partial charge in [0.25, 0.3) is 0 Å². The third kappa shape index (κ3) is 7.74. The number of hydrogen-bond acceptors (Lipinski definition) is 3. The average molecular weight is 378 g/mol. The second kappa shape index (κ2) is 12.8. The quantitative estimate of drug-likeness (QED) is 0.344. The fourth-order valence-corrected chi connectivity index (χ4v) is 4.81. The van der Waals surface area contributed by atoms with Crippen molar-refractivity contribution in [3.63, 3.8) is 0 Å². The Balaban J connectivity index is 1.64. The van der Waals surface area contributed by atoms with E-state index in [-0.39, 0.29) is 11.7 Å². The lowest BCUT2D eigenvalue weighted by atomic mass is 9.68. The molecule has 1 saturated heterocycles. The molecule has 1 saturated carbocycles. The average Bonchev–Trinajstić information content (AvgIpc) is 2.72. The molecule has 156 valence electrons. The molecule has 2 aliphatic rings. The molecular weight excluding hydrogens is 334 g/mol. The van der Waals surface area contributed by atoms with Gasteiger partial charge in [0.05, 0.1) is 24.7 Å². The first kappa shape index (κ1) is 22.7. The molecule has 0 unspecified atom stereocenters. The summed E-state index contributed by atoms with van der Waals surface area (Å²) in [4.78, 5) is 0. The minimum atomic E-state index is -0.0702. The zero-order chi connectivity index (χ0) is 19.4. The van der Waals surface area contributed by atoms with E-state index in [0.29, 0.717) is 11.8 Å². The van der Waals surface area contributed by atoms with Crippen molar-refractivity contribution in [2.75, 3.05) is 13.2 Å². The van der Waals surface area contributed by atoms with E-state index in [2.05, 4.69) is 19.9 Å². The molecule has 2 rings (SSSR count). The summed E-state index contributed by atoms with van der Waals surface area (Å²) in [5.41, 5.74) is -0.0702. The van der Waals surface area contributed by atoms with Crippen molar-refractivity contribution >= 4 is 0 Å². The molecule has 3 heteroatoms. The summed E-state index contributed by atoms with van der Waals surface area (Å²) in [6, 6.07) is 2.69. The molecule has 0 N–H and O–H groups in total. The van der Waals surface area contributed by atoms with Gasteiger partial charge in [-0.05, 0) is 38.5 Å². The van der Waals surface area contributed by atoms with Crippen LogP contribution in [0.3, 0.4) is 0 Å². The molecule has 3 nitrogen and oxygen atoms in total. The molecule has 0 atom stereocenters. The molecule has 0 amide bonds. The molecule has 1 aliphatic heterocycles. The van der Waals surface area contributed by atoms with Gasteiger partial charge in [-0.3, -0.25) is 0 Å². The molecule has 0 bridgehead atoms. The predicted octanol–water partition coefficient (Wildman–Crippen LogP) is 7.01. The minimum absolute atomic E-state index is 0.0156. The summed E-state index contributed by atoms with van der Waals surface area (Å²) < 4.78 is 12.2. The highest BCUT2D eigenvalue weighted by atomic mass is 16.7. The second-order valence-corrected chi connectivity index (χ2v) is 9.14. The van der Waals surface area contributed by atoms with Crippen LogP contribution in [0.5, 0.6) is 0 Å². The van der Waals surface area contributed by atoms with Gasteiger partial charge in [-0.25, -0.2) is 0 Å². The number of hydrogen-bond donors (Lipinski definition) is 0. The van der Waals surface area contributed by atoms with E-state index < -0.39 is 0 Å². The Morgan fingerprint density at radius 3 is 2.04 bits per heavy atom. The molecule has 0 spiro atoms. The highest BCUT2D eigenvalue weighted by Gasteiger charge is 2.39. The molecule has 0 aromatic carbocycles. The standard InChI is InChI=1S/C24H43NO2/c1-3-5-7-9-11-15-24(20-25)16-13-22(14-17-24)23-26-18-21(19-27-23)12-10-8-6-4-2/h21-23H,3-19H2,1-2H3. The van der Waals surface area contributed by atoms with Crippen molar-refractivity contribution in [1.82, 2.24) is 0 Å². The summed E-state index contributed by atoms with van der Waals surface area (Å²) in [6.07, 6.45) is 18.3. The first-order valence-electron chi connectivity index (χ1n) is 11.9. The second-order valence-electron chi connectivity index (χ2n) is 9.14. The van der Waals surface area contributed by atoms with Crippen molar-refractivity contribution in [3.8, 4) is 6.07 Å². The number of nitrogens with zero attached hydrogens (tertiary/aromatic N) is 1. The van der Waals surface area contributed by atoms with Crippen molar-refractivity contribution in [2.45, 2.75) is 116 Å². The fraction of sp³-hybridized carbons (Fsp3) is 0.958. The van der Waals surface area contributed by atoms with E-state index in [1.54, 1.807) is 0 Å². The molecule has 1 heterocycles. The molecule has 27 heavy (non-hydrogen) atoms. The van der Waals surface area contributed by atoms with Crippen LogP contribution in [-0.2, 0) is 9.47 Å². The number of nitriles is 1. The van der Waals surface area contributed by atoms with Crippen molar-refractivity contribution in [1.29, 1.82) is 5.26 Å². The lowest BCUT2D eigenvalue weighted by Gasteiger charge is -2.40. The SMILES string of the molecule is CCCCCCCC1(C#N)CCC(C2OCC(CCCCCC)CO2)CC1. The molecule has 2 fully saturated rings. The maximum atomic E-state index is 9.78. The van der Waals surface area contributed by atoms with Crippen LogP contribution in [0, 0.1) is 28.6 Å². The number of ether oxygens (including phenoxy) is 2. The first-order valence-corrected chi connectivity index (χ1v) is 11.9. The zero-order valence-corrected chi connectivity index (χ0v) is 18.0. The Morgan fingerprint density at radius 2 is 1.44 bits per heavy atom. The Kier molecular flexibility index (Phi) is 10.7. The zero-order valence-electron chi connectivity index (χ0n) is 18.0. The number of unbranched alkanes of at least 4 members (excludes halogenated alkanes) is 7. The highest BCUT2D eigenvalue weighted by molar-refractivity contribution is 5.01. The Labute approximate surface area is 168 Å². The highest BCUT2D eigenvalue weighted by Crippen LogP contribution is 2.44. The smallest absolute Gasteiger partial charge is 0.160 e. The van der Waals surface area contributed by atoms with Gasteiger partial charge in [0, 0.05) is 11.8 Å². The van der Waals surface area contributed by atoms with E-state index in [0.717, 1.165) is 45.3 Å². The maximum absolute atomic E-state index is 9.78. The van der Waals surface area contributed by atoms with Gasteiger partial charge < -0.3 is 9.47 Å². The van der Waals surface area contributed by atoms with Gasteiger partial charge in [0.1, 0.15) is 0 Å². The van der Waals surface area contributed by atoms with Crippen molar-refractivity contribution in [3.05, 3.63) is 0 Å². The van der Waals surface area contributed by atoms with Crippen LogP contribution < -0.4 is 0 Å². The summed E-state index contributed by atoms with van der Waals surface area (Å²) in [6.45, 7) is 6.25. The van der Waals surface area contributed by atoms with Crippen LogP contribution in [0.1, 0.15) is 110 Å². The van der Waals surface area contributed by atoms with Gasteiger partial charge in [0.15, 0.2) is 6.29 Å². The fourth-order valence-electron chi connectivity index (χ4n) is 4.81. The topological polar surface area (TPSA) is 42.2 Å². The molecule has 0 aromatic heterocycles. The van der Waals surface area contributed by atoms with Crippen LogP contribution in [-0.4, -0.2) is 19.5 Å². The lowest BCUT2D eigenvalue weighted by Crippen LogP contribution is -2.40. The van der Waals surface area contributed by atoms with Crippen LogP contribution in [0.25, 0.3) is 0 Å². The Hall–Kier alpha value is -0.590. The summed E-state index contributed by atoms with van der Waals surface area (Å²) >= 11 is 0. The summed E-state index contributed by atoms with van der Waals surface area (Å²) in [5.74, 6) is 1.08. The van der Waals surface area contributed by atoms with Gasteiger partial charge in [-0.2, -0.15) is 5.26 Å². The van der Waals surface area contributed by atoms with E-state index in [1.165, 1.54) is 64.2 Å². The Morgan fingerprint density at radius 1 is 0.852 bits per heavy atom. The number of rotatable bonds is 12. The van der Waals surface area contributed by atoms with Gasteiger partial charge >= 0.3 is 0 Å². The van der Waals surface area contributed by atoms with Crippen molar-refractivity contribution in [2.24, 2.45) is 17.3 Å².